The van der Waals surface area contributed by atoms with E-state index in [0.717, 1.165) is 4.31 Å². The Morgan fingerprint density at radius 3 is 2.84 bits per heavy atom. The van der Waals surface area contributed by atoms with Crippen LogP contribution in [0.1, 0.15) is 5.82 Å². The molecule has 0 saturated heterocycles. The van der Waals surface area contributed by atoms with E-state index < -0.39 is 10.0 Å². The maximum atomic E-state index is 12.4. The third-order valence-corrected chi connectivity index (χ3v) is 5.05. The van der Waals surface area contributed by atoms with Gasteiger partial charge in [0.25, 0.3) is 0 Å². The smallest absolute Gasteiger partial charge is 0.246 e. The predicted molar refractivity (Wildman–Crippen MR) is 74.2 cm³/mol. The number of halogens is 2. The number of aromatic amines is 1. The molecule has 0 radical (unpaired) electrons. The molecule has 0 atom stereocenters. The summed E-state index contributed by atoms with van der Waals surface area (Å²) in [6.45, 7) is 0.123. The minimum atomic E-state index is -3.72. The average Bonchev–Trinajstić information content (AvgIpc) is 2.85. The zero-order valence-corrected chi connectivity index (χ0v) is 13.0. The Morgan fingerprint density at radius 2 is 2.21 bits per heavy atom. The van der Waals surface area contributed by atoms with Gasteiger partial charge in [-0.25, -0.2) is 18.4 Å². The van der Waals surface area contributed by atoms with Crippen molar-refractivity contribution in [3.05, 3.63) is 40.1 Å². The van der Waals surface area contributed by atoms with Gasteiger partial charge in [-0.1, -0.05) is 11.6 Å². The molecule has 0 aliphatic heterocycles. The highest BCUT2D eigenvalue weighted by molar-refractivity contribution is 9.10. The van der Waals surface area contributed by atoms with E-state index in [1.807, 2.05) is 0 Å². The van der Waals surface area contributed by atoms with Crippen LogP contribution in [-0.2, 0) is 16.6 Å². The largest absolute Gasteiger partial charge is 0.347 e. The lowest BCUT2D eigenvalue weighted by molar-refractivity contribution is 0.458. The first-order chi connectivity index (χ1) is 8.91. The lowest BCUT2D eigenvalue weighted by Gasteiger charge is -2.16. The Balaban J connectivity index is 2.33. The molecule has 102 valence electrons. The highest BCUT2D eigenvalue weighted by Crippen LogP contribution is 2.25. The molecule has 2 heterocycles. The van der Waals surface area contributed by atoms with Crippen molar-refractivity contribution in [2.24, 2.45) is 0 Å². The first-order valence-electron chi connectivity index (χ1n) is 5.17. The van der Waals surface area contributed by atoms with E-state index in [4.69, 9.17) is 11.6 Å². The van der Waals surface area contributed by atoms with Crippen LogP contribution in [0.3, 0.4) is 0 Å². The van der Waals surface area contributed by atoms with Crippen molar-refractivity contribution in [1.29, 1.82) is 0 Å². The number of imidazole rings is 1. The fourth-order valence-corrected chi connectivity index (χ4v) is 3.48. The second kappa shape index (κ2) is 5.58. The van der Waals surface area contributed by atoms with Crippen molar-refractivity contribution < 1.29 is 8.42 Å². The molecule has 2 aromatic rings. The number of rotatable bonds is 4. The molecule has 0 fully saturated rings. The monoisotopic (exact) mass is 364 g/mol. The van der Waals surface area contributed by atoms with Gasteiger partial charge in [0.2, 0.25) is 10.0 Å². The zero-order valence-electron chi connectivity index (χ0n) is 9.84. The van der Waals surface area contributed by atoms with Gasteiger partial charge in [-0.3, -0.25) is 0 Å². The van der Waals surface area contributed by atoms with Crippen molar-refractivity contribution in [2.45, 2.75) is 11.4 Å². The van der Waals surface area contributed by atoms with Crippen LogP contribution in [0.4, 0.5) is 0 Å². The standard InChI is InChI=1S/C10H10BrClN4O2S/c1-16(6-9-13-2-3-14-9)19(17,18)8-4-7(11)5-15-10(8)12/h2-5H,6H2,1H3,(H,13,14). The number of H-pyrrole nitrogens is 1. The maximum absolute atomic E-state index is 12.4. The van der Waals surface area contributed by atoms with Gasteiger partial charge < -0.3 is 4.98 Å². The van der Waals surface area contributed by atoms with Crippen molar-refractivity contribution >= 4 is 37.6 Å². The fraction of sp³-hybridized carbons (Fsp3) is 0.200. The molecule has 0 bridgehead atoms. The summed E-state index contributed by atoms with van der Waals surface area (Å²) in [6.07, 6.45) is 4.63. The summed E-state index contributed by atoms with van der Waals surface area (Å²) in [5.41, 5.74) is 0. The average molecular weight is 366 g/mol. The van der Waals surface area contributed by atoms with E-state index in [1.165, 1.54) is 19.3 Å². The maximum Gasteiger partial charge on any atom is 0.246 e. The molecule has 1 N–H and O–H groups in total. The molecule has 0 aliphatic carbocycles. The van der Waals surface area contributed by atoms with Crippen LogP contribution in [0.5, 0.6) is 0 Å². The third-order valence-electron chi connectivity index (χ3n) is 2.39. The van der Waals surface area contributed by atoms with Gasteiger partial charge in [0.1, 0.15) is 15.9 Å². The Bertz CT molecular complexity index is 675. The first kappa shape index (κ1) is 14.4. The number of pyridine rings is 1. The predicted octanol–water partition coefficient (Wildman–Crippen LogP) is 2.04. The van der Waals surface area contributed by atoms with Crippen LogP contribution in [0.25, 0.3) is 0 Å². The third kappa shape index (κ3) is 3.14. The molecule has 19 heavy (non-hydrogen) atoms. The van der Waals surface area contributed by atoms with Crippen LogP contribution in [0.15, 0.2) is 34.0 Å². The molecule has 0 aromatic carbocycles. The first-order valence-corrected chi connectivity index (χ1v) is 7.78. The topological polar surface area (TPSA) is 79.0 Å². The lowest BCUT2D eigenvalue weighted by Crippen LogP contribution is -2.27. The van der Waals surface area contributed by atoms with Gasteiger partial charge >= 0.3 is 0 Å². The van der Waals surface area contributed by atoms with E-state index in [0.29, 0.717) is 10.3 Å². The highest BCUT2D eigenvalue weighted by atomic mass is 79.9. The van der Waals surface area contributed by atoms with E-state index in [1.54, 1.807) is 12.4 Å². The minimum Gasteiger partial charge on any atom is -0.347 e. The molecule has 0 unspecified atom stereocenters. The van der Waals surface area contributed by atoms with Crippen LogP contribution in [0.2, 0.25) is 5.15 Å². The summed E-state index contributed by atoms with van der Waals surface area (Å²) < 4.78 is 26.4. The van der Waals surface area contributed by atoms with Gasteiger partial charge in [-0.2, -0.15) is 4.31 Å². The highest BCUT2D eigenvalue weighted by Gasteiger charge is 2.25. The quantitative estimate of drug-likeness (QED) is 0.841. The summed E-state index contributed by atoms with van der Waals surface area (Å²) in [7, 11) is -2.27. The van der Waals surface area contributed by atoms with Crippen LogP contribution < -0.4 is 0 Å². The second-order valence-electron chi connectivity index (χ2n) is 3.74. The molecule has 2 rings (SSSR count). The minimum absolute atomic E-state index is 0.0439. The number of hydrogen-bond donors (Lipinski definition) is 1. The summed E-state index contributed by atoms with van der Waals surface area (Å²) in [5, 5.41) is -0.0607. The normalized spacial score (nSPS) is 12.0. The summed E-state index contributed by atoms with van der Waals surface area (Å²) in [4.78, 5) is 10.6. The Kier molecular flexibility index (Phi) is 4.24. The number of hydrogen-bond acceptors (Lipinski definition) is 4. The van der Waals surface area contributed by atoms with Crippen molar-refractivity contribution in [1.82, 2.24) is 19.3 Å². The van der Waals surface area contributed by atoms with Gasteiger partial charge in [-0.15, -0.1) is 0 Å². The molecule has 6 nitrogen and oxygen atoms in total. The Labute approximate surface area is 124 Å². The molecule has 0 amide bonds. The lowest BCUT2D eigenvalue weighted by atomic mass is 10.5. The van der Waals surface area contributed by atoms with Gasteiger partial charge in [0.05, 0.1) is 6.54 Å². The van der Waals surface area contributed by atoms with Crippen LogP contribution in [-0.4, -0.2) is 34.7 Å². The number of sulfonamides is 1. The van der Waals surface area contributed by atoms with Crippen molar-refractivity contribution in [2.75, 3.05) is 7.05 Å². The number of nitrogens with one attached hydrogen (secondary N) is 1. The van der Waals surface area contributed by atoms with Crippen molar-refractivity contribution in [3.8, 4) is 0 Å². The SMILES string of the molecule is CN(Cc1ncc[nH]1)S(=O)(=O)c1cc(Br)cnc1Cl. The van der Waals surface area contributed by atoms with Crippen molar-refractivity contribution in [3.63, 3.8) is 0 Å². The number of nitrogens with zero attached hydrogens (tertiary/aromatic N) is 3. The van der Waals surface area contributed by atoms with E-state index in [2.05, 4.69) is 30.9 Å². The molecule has 0 aliphatic rings. The van der Waals surface area contributed by atoms with Crippen LogP contribution >= 0.6 is 27.5 Å². The molecule has 0 spiro atoms. The summed E-state index contributed by atoms with van der Waals surface area (Å²) >= 11 is 9.02. The van der Waals surface area contributed by atoms with E-state index in [-0.39, 0.29) is 16.6 Å². The fourth-order valence-electron chi connectivity index (χ4n) is 1.43. The molecule has 2 aromatic heterocycles. The molecule has 9 heteroatoms. The van der Waals surface area contributed by atoms with Gasteiger partial charge in [0.15, 0.2) is 0 Å². The summed E-state index contributed by atoms with van der Waals surface area (Å²) in [6, 6.07) is 1.42. The van der Waals surface area contributed by atoms with Gasteiger partial charge in [-0.05, 0) is 22.0 Å². The molecular weight excluding hydrogens is 356 g/mol. The van der Waals surface area contributed by atoms with E-state index in [9.17, 15) is 8.42 Å². The molecule has 0 saturated carbocycles. The Hall–Kier alpha value is -0.960. The number of aromatic nitrogens is 3. The van der Waals surface area contributed by atoms with E-state index >= 15 is 0 Å². The summed E-state index contributed by atoms with van der Waals surface area (Å²) in [5.74, 6) is 0.546. The van der Waals surface area contributed by atoms with Crippen LogP contribution in [0, 0.1) is 0 Å². The zero-order chi connectivity index (χ0) is 14.0. The van der Waals surface area contributed by atoms with Gasteiger partial charge in [0, 0.05) is 30.1 Å². The second-order valence-corrected chi connectivity index (χ2v) is 7.03. The molecular formula is C10H10BrClN4O2S. The Morgan fingerprint density at radius 1 is 1.47 bits per heavy atom.